The molecule has 0 spiro atoms. The Labute approximate surface area is 115 Å². The lowest BCUT2D eigenvalue weighted by Gasteiger charge is -2.14. The second kappa shape index (κ2) is 6.01. The van der Waals surface area contributed by atoms with Gasteiger partial charge in [0.05, 0.1) is 5.69 Å². The molecule has 0 unspecified atom stereocenters. The van der Waals surface area contributed by atoms with Crippen molar-refractivity contribution in [2.75, 3.05) is 18.1 Å². The molecule has 1 heterocycles. The van der Waals surface area contributed by atoms with Crippen LogP contribution in [-0.2, 0) is 19.1 Å². The fourth-order valence-electron chi connectivity index (χ4n) is 1.69. The van der Waals surface area contributed by atoms with Crippen LogP contribution >= 0.6 is 0 Å². The van der Waals surface area contributed by atoms with Crippen molar-refractivity contribution in [3.05, 3.63) is 36.4 Å². The largest absolute Gasteiger partial charge is 0.490 e. The highest BCUT2D eigenvalue weighted by Crippen LogP contribution is 2.22. The first-order valence-electron chi connectivity index (χ1n) is 6.00. The average Bonchev–Trinajstić information content (AvgIpc) is 2.75. The van der Waals surface area contributed by atoms with Gasteiger partial charge in [0.2, 0.25) is 0 Å². The first-order chi connectivity index (χ1) is 9.58. The maximum Gasteiger partial charge on any atom is 0.302 e. The number of rotatable bonds is 5. The summed E-state index contributed by atoms with van der Waals surface area (Å²) < 4.78 is 10.1. The number of ether oxygens (including phenoxy) is 2. The van der Waals surface area contributed by atoms with Crippen LogP contribution in [0.4, 0.5) is 5.69 Å². The highest BCUT2D eigenvalue weighted by Gasteiger charge is 2.24. The minimum Gasteiger partial charge on any atom is -0.490 e. The van der Waals surface area contributed by atoms with Crippen molar-refractivity contribution in [1.29, 1.82) is 0 Å². The van der Waals surface area contributed by atoms with Crippen molar-refractivity contribution >= 4 is 23.5 Å². The zero-order valence-corrected chi connectivity index (χ0v) is 10.9. The van der Waals surface area contributed by atoms with E-state index in [0.717, 1.165) is 4.90 Å². The number of carbonyl (C=O) groups excluding carboxylic acids is 3. The summed E-state index contributed by atoms with van der Waals surface area (Å²) in [5, 5.41) is 0. The predicted molar refractivity (Wildman–Crippen MR) is 70.2 cm³/mol. The van der Waals surface area contributed by atoms with E-state index in [9.17, 15) is 14.4 Å². The maximum atomic E-state index is 11.5. The van der Waals surface area contributed by atoms with Gasteiger partial charge >= 0.3 is 5.97 Å². The van der Waals surface area contributed by atoms with Gasteiger partial charge in [0.1, 0.15) is 19.0 Å². The molecule has 20 heavy (non-hydrogen) atoms. The van der Waals surface area contributed by atoms with E-state index in [1.807, 2.05) is 0 Å². The summed E-state index contributed by atoms with van der Waals surface area (Å²) >= 11 is 0. The van der Waals surface area contributed by atoms with Crippen molar-refractivity contribution in [2.45, 2.75) is 6.92 Å². The van der Waals surface area contributed by atoms with Gasteiger partial charge in [0.15, 0.2) is 0 Å². The molecule has 6 heteroatoms. The van der Waals surface area contributed by atoms with Crippen molar-refractivity contribution in [2.24, 2.45) is 0 Å². The van der Waals surface area contributed by atoms with E-state index in [-0.39, 0.29) is 31.0 Å². The molecular formula is C14H13NO5. The standard InChI is InChI=1S/C14H13NO5/c1-10(16)19-8-9-20-12-4-2-11(3-5-12)15-13(17)6-7-14(15)18/h2-7H,8-9H2,1H3. The van der Waals surface area contributed by atoms with Gasteiger partial charge in [-0.3, -0.25) is 14.4 Å². The van der Waals surface area contributed by atoms with Gasteiger partial charge in [0, 0.05) is 19.1 Å². The van der Waals surface area contributed by atoms with Crippen molar-refractivity contribution < 1.29 is 23.9 Å². The summed E-state index contributed by atoms with van der Waals surface area (Å²) in [6, 6.07) is 6.51. The zero-order chi connectivity index (χ0) is 14.5. The van der Waals surface area contributed by atoms with Crippen molar-refractivity contribution in [3.8, 4) is 5.75 Å². The van der Waals surface area contributed by atoms with E-state index in [0.29, 0.717) is 11.4 Å². The van der Waals surface area contributed by atoms with Crippen LogP contribution in [0.2, 0.25) is 0 Å². The number of imide groups is 1. The average molecular weight is 275 g/mol. The Morgan fingerprint density at radius 1 is 1.05 bits per heavy atom. The first kappa shape index (κ1) is 13.8. The van der Waals surface area contributed by atoms with Gasteiger partial charge in [-0.05, 0) is 24.3 Å². The minimum atomic E-state index is -0.362. The second-order valence-electron chi connectivity index (χ2n) is 4.03. The minimum absolute atomic E-state index is 0.171. The van der Waals surface area contributed by atoms with Crippen LogP contribution < -0.4 is 9.64 Å². The first-order valence-corrected chi connectivity index (χ1v) is 6.00. The smallest absolute Gasteiger partial charge is 0.302 e. The summed E-state index contributed by atoms with van der Waals surface area (Å²) in [5.74, 6) is -0.521. The lowest BCUT2D eigenvalue weighted by Crippen LogP contribution is -2.29. The van der Waals surface area contributed by atoms with Gasteiger partial charge in [-0.2, -0.15) is 0 Å². The Morgan fingerprint density at radius 3 is 2.20 bits per heavy atom. The Balaban J connectivity index is 1.92. The van der Waals surface area contributed by atoms with E-state index in [1.165, 1.54) is 19.1 Å². The quantitative estimate of drug-likeness (QED) is 0.456. The van der Waals surface area contributed by atoms with Gasteiger partial charge in [-0.15, -0.1) is 0 Å². The molecule has 2 rings (SSSR count). The molecule has 1 aromatic rings. The van der Waals surface area contributed by atoms with E-state index < -0.39 is 0 Å². The third kappa shape index (κ3) is 3.23. The molecule has 0 saturated carbocycles. The second-order valence-corrected chi connectivity index (χ2v) is 4.03. The summed E-state index contributed by atoms with van der Waals surface area (Å²) in [5.41, 5.74) is 0.484. The molecule has 0 bridgehead atoms. The van der Waals surface area contributed by atoms with Crippen LogP contribution in [0, 0.1) is 0 Å². The normalized spacial score (nSPS) is 13.8. The third-order valence-electron chi connectivity index (χ3n) is 2.56. The number of hydrogen-bond acceptors (Lipinski definition) is 5. The number of carbonyl (C=O) groups is 3. The molecule has 0 N–H and O–H groups in total. The van der Waals surface area contributed by atoms with Crippen LogP contribution in [0.3, 0.4) is 0 Å². The number of anilines is 1. The third-order valence-corrected chi connectivity index (χ3v) is 2.56. The van der Waals surface area contributed by atoms with Crippen molar-refractivity contribution in [3.63, 3.8) is 0 Å². The summed E-state index contributed by atoms with van der Waals surface area (Å²) in [4.78, 5) is 34.6. The highest BCUT2D eigenvalue weighted by atomic mass is 16.6. The molecule has 0 fully saturated rings. The monoisotopic (exact) mass is 275 g/mol. The fraction of sp³-hybridized carbons (Fsp3) is 0.214. The van der Waals surface area contributed by atoms with Crippen LogP contribution in [0.25, 0.3) is 0 Å². The zero-order valence-electron chi connectivity index (χ0n) is 10.9. The van der Waals surface area contributed by atoms with Gasteiger partial charge < -0.3 is 9.47 Å². The number of amides is 2. The molecule has 1 aliphatic rings. The highest BCUT2D eigenvalue weighted by molar-refractivity contribution is 6.28. The maximum absolute atomic E-state index is 11.5. The number of esters is 1. The summed E-state index contributed by atoms with van der Waals surface area (Å²) in [7, 11) is 0. The molecule has 0 saturated heterocycles. The summed E-state index contributed by atoms with van der Waals surface area (Å²) in [6.45, 7) is 1.74. The van der Waals surface area contributed by atoms with Gasteiger partial charge in [-0.1, -0.05) is 0 Å². The van der Waals surface area contributed by atoms with E-state index in [4.69, 9.17) is 9.47 Å². The lowest BCUT2D eigenvalue weighted by molar-refractivity contribution is -0.141. The Morgan fingerprint density at radius 2 is 1.65 bits per heavy atom. The molecular weight excluding hydrogens is 262 g/mol. The van der Waals surface area contributed by atoms with Crippen LogP contribution in [0.1, 0.15) is 6.92 Å². The molecule has 1 aliphatic heterocycles. The topological polar surface area (TPSA) is 72.9 Å². The lowest BCUT2D eigenvalue weighted by atomic mass is 10.3. The van der Waals surface area contributed by atoms with Crippen LogP contribution in [0.5, 0.6) is 5.75 Å². The number of nitrogens with zero attached hydrogens (tertiary/aromatic N) is 1. The molecule has 1 aromatic carbocycles. The van der Waals surface area contributed by atoms with Crippen LogP contribution in [0.15, 0.2) is 36.4 Å². The Bertz CT molecular complexity index is 543. The molecule has 0 aromatic heterocycles. The SMILES string of the molecule is CC(=O)OCCOc1ccc(N2C(=O)C=CC2=O)cc1. The Kier molecular flexibility index (Phi) is 4.14. The summed E-state index contributed by atoms with van der Waals surface area (Å²) in [6.07, 6.45) is 2.46. The number of hydrogen-bond donors (Lipinski definition) is 0. The van der Waals surface area contributed by atoms with Gasteiger partial charge in [0.25, 0.3) is 11.8 Å². The van der Waals surface area contributed by atoms with Gasteiger partial charge in [-0.25, -0.2) is 4.90 Å². The molecule has 0 aliphatic carbocycles. The van der Waals surface area contributed by atoms with E-state index in [1.54, 1.807) is 24.3 Å². The fourth-order valence-corrected chi connectivity index (χ4v) is 1.69. The van der Waals surface area contributed by atoms with Crippen molar-refractivity contribution in [1.82, 2.24) is 0 Å². The molecule has 6 nitrogen and oxygen atoms in total. The van der Waals surface area contributed by atoms with Crippen LogP contribution in [-0.4, -0.2) is 31.0 Å². The predicted octanol–water partition coefficient (Wildman–Crippen LogP) is 1.06. The molecule has 2 amide bonds. The van der Waals surface area contributed by atoms with E-state index >= 15 is 0 Å². The molecule has 104 valence electrons. The number of benzene rings is 1. The molecule has 0 radical (unpaired) electrons. The molecule has 0 atom stereocenters. The van der Waals surface area contributed by atoms with E-state index in [2.05, 4.69) is 0 Å². The Hall–Kier alpha value is -2.63.